The zero-order valence-electron chi connectivity index (χ0n) is 12.6. The fourth-order valence-corrected chi connectivity index (χ4v) is 3.01. The maximum absolute atomic E-state index is 12.2. The maximum atomic E-state index is 12.2. The number of ether oxygens (including phenoxy) is 3. The Balaban J connectivity index is 2.11. The first-order valence-electron chi connectivity index (χ1n) is 6.75. The normalized spacial score (nSPS) is 15.0. The zero-order valence-corrected chi connectivity index (χ0v) is 13.4. The van der Waals surface area contributed by atoms with Crippen LogP contribution >= 0.6 is 11.5 Å². The molecule has 1 aliphatic heterocycles. The second-order valence-corrected chi connectivity index (χ2v) is 5.40. The van der Waals surface area contributed by atoms with Gasteiger partial charge < -0.3 is 19.1 Å². The average Bonchev–Trinajstić information content (AvgIpc) is 3.07. The van der Waals surface area contributed by atoms with E-state index in [4.69, 9.17) is 14.2 Å². The molecule has 1 aromatic carbocycles. The van der Waals surface area contributed by atoms with Gasteiger partial charge in [0, 0.05) is 16.5 Å². The average molecular weight is 334 g/mol. The number of fused-ring (bicyclic) bond motifs is 1. The van der Waals surface area contributed by atoms with Crippen molar-refractivity contribution in [3.63, 3.8) is 0 Å². The Morgan fingerprint density at radius 1 is 1.26 bits per heavy atom. The van der Waals surface area contributed by atoms with Crippen LogP contribution in [0.25, 0.3) is 10.9 Å². The summed E-state index contributed by atoms with van der Waals surface area (Å²) >= 11 is 1.35. The molecule has 0 amide bonds. The van der Waals surface area contributed by atoms with Crippen LogP contribution in [0.5, 0.6) is 0 Å². The van der Waals surface area contributed by atoms with Crippen LogP contribution in [-0.4, -0.2) is 43.9 Å². The van der Waals surface area contributed by atoms with Crippen LogP contribution in [-0.2, 0) is 23.8 Å². The van der Waals surface area contributed by atoms with E-state index in [2.05, 4.69) is 4.37 Å². The lowest BCUT2D eigenvalue weighted by atomic mass is 10.1. The Bertz CT molecular complexity index is 798. The number of nitrogens with zero attached hydrogens (tertiary/aromatic N) is 2. The Morgan fingerprint density at radius 3 is 2.78 bits per heavy atom. The number of methoxy groups -OCH3 is 2. The number of hydrogen-bond donors (Lipinski definition) is 0. The summed E-state index contributed by atoms with van der Waals surface area (Å²) in [4.78, 5) is 25.7. The van der Waals surface area contributed by atoms with Gasteiger partial charge in [-0.25, -0.2) is 9.59 Å². The zero-order chi connectivity index (χ0) is 16.4. The first-order valence-corrected chi connectivity index (χ1v) is 7.58. The summed E-state index contributed by atoms with van der Waals surface area (Å²) in [7, 11) is 2.52. The van der Waals surface area contributed by atoms with E-state index in [0.717, 1.165) is 10.9 Å². The predicted molar refractivity (Wildman–Crippen MR) is 84.0 cm³/mol. The van der Waals surface area contributed by atoms with Crippen LogP contribution in [0, 0.1) is 0 Å². The Kier molecular flexibility index (Phi) is 4.26. The smallest absolute Gasteiger partial charge is 0.355 e. The summed E-state index contributed by atoms with van der Waals surface area (Å²) in [6, 6.07) is 5.54. The van der Waals surface area contributed by atoms with Crippen LogP contribution in [0.15, 0.2) is 34.8 Å². The highest BCUT2D eigenvalue weighted by Gasteiger charge is 2.32. The van der Waals surface area contributed by atoms with Crippen LogP contribution in [0.1, 0.15) is 0 Å². The maximum Gasteiger partial charge on any atom is 0.355 e. The lowest BCUT2D eigenvalue weighted by Crippen LogP contribution is -2.38. The van der Waals surface area contributed by atoms with Gasteiger partial charge in [-0.15, -0.1) is 0 Å². The third-order valence-electron chi connectivity index (χ3n) is 3.49. The van der Waals surface area contributed by atoms with Crippen LogP contribution in [0.3, 0.4) is 0 Å². The van der Waals surface area contributed by atoms with Crippen molar-refractivity contribution in [2.75, 3.05) is 32.5 Å². The quantitative estimate of drug-likeness (QED) is 0.790. The fraction of sp³-hybridized carbons (Fsp3) is 0.267. The van der Waals surface area contributed by atoms with Gasteiger partial charge >= 0.3 is 11.9 Å². The molecule has 0 N–H and O–H groups in total. The van der Waals surface area contributed by atoms with Crippen molar-refractivity contribution in [2.24, 2.45) is 0 Å². The number of esters is 2. The molecule has 0 saturated heterocycles. The van der Waals surface area contributed by atoms with Crippen LogP contribution in [0.4, 0.5) is 5.69 Å². The van der Waals surface area contributed by atoms with Gasteiger partial charge in [0.25, 0.3) is 0 Å². The molecule has 0 fully saturated rings. The number of carbonyl (C=O) groups excluding carboxylic acids is 2. The van der Waals surface area contributed by atoms with E-state index in [1.807, 2.05) is 23.6 Å². The van der Waals surface area contributed by atoms with Crippen molar-refractivity contribution in [1.82, 2.24) is 4.37 Å². The summed E-state index contributed by atoms with van der Waals surface area (Å²) in [5, 5.41) is 2.86. The highest BCUT2D eigenvalue weighted by atomic mass is 32.1. The van der Waals surface area contributed by atoms with E-state index in [1.54, 1.807) is 4.90 Å². The fourth-order valence-electron chi connectivity index (χ4n) is 2.37. The number of carbonyl (C=O) groups is 2. The van der Waals surface area contributed by atoms with Crippen molar-refractivity contribution in [3.05, 3.63) is 34.8 Å². The Labute approximate surface area is 136 Å². The standard InChI is InChI=1S/C15H14N2O5S/c1-20-14(18)11-6-22-8-17(13(11)15(19)21-2)10-3-4-12-9(5-10)7-23-16-12/h3-5,7H,6,8H2,1-2H3. The molecule has 3 rings (SSSR count). The SMILES string of the molecule is COC(=O)C1=C(C(=O)OC)N(c2ccc3nscc3c2)COC1. The molecule has 0 unspecified atom stereocenters. The molecular formula is C15H14N2O5S. The van der Waals surface area contributed by atoms with E-state index < -0.39 is 11.9 Å². The second kappa shape index (κ2) is 6.35. The number of rotatable bonds is 3. The van der Waals surface area contributed by atoms with E-state index >= 15 is 0 Å². The molecule has 0 bridgehead atoms. The summed E-state index contributed by atoms with van der Waals surface area (Å²) in [5.74, 6) is -1.23. The minimum atomic E-state index is -0.617. The summed E-state index contributed by atoms with van der Waals surface area (Å²) in [6.45, 7) is 0.129. The summed E-state index contributed by atoms with van der Waals surface area (Å²) in [6.07, 6.45) is 0. The third-order valence-corrected chi connectivity index (χ3v) is 4.15. The van der Waals surface area contributed by atoms with Crippen molar-refractivity contribution < 1.29 is 23.8 Å². The molecule has 0 radical (unpaired) electrons. The first-order chi connectivity index (χ1) is 11.2. The molecule has 23 heavy (non-hydrogen) atoms. The van der Waals surface area contributed by atoms with Gasteiger partial charge in [-0.2, -0.15) is 4.37 Å². The Morgan fingerprint density at radius 2 is 2.04 bits per heavy atom. The molecule has 1 aromatic heterocycles. The molecule has 1 aliphatic rings. The molecule has 0 atom stereocenters. The van der Waals surface area contributed by atoms with Crippen molar-refractivity contribution >= 4 is 40.1 Å². The number of benzene rings is 1. The molecule has 7 nitrogen and oxygen atoms in total. The molecule has 2 heterocycles. The van der Waals surface area contributed by atoms with Gasteiger partial charge in [0.15, 0.2) is 0 Å². The minimum Gasteiger partial charge on any atom is -0.466 e. The van der Waals surface area contributed by atoms with Crippen LogP contribution in [0.2, 0.25) is 0 Å². The van der Waals surface area contributed by atoms with Gasteiger partial charge in [-0.05, 0) is 29.7 Å². The topological polar surface area (TPSA) is 78.0 Å². The molecule has 0 saturated carbocycles. The van der Waals surface area contributed by atoms with E-state index in [9.17, 15) is 9.59 Å². The molecule has 120 valence electrons. The molecular weight excluding hydrogens is 320 g/mol. The van der Waals surface area contributed by atoms with Crippen molar-refractivity contribution in [3.8, 4) is 0 Å². The van der Waals surface area contributed by atoms with Gasteiger partial charge in [0.05, 0.1) is 31.9 Å². The largest absolute Gasteiger partial charge is 0.466 e. The van der Waals surface area contributed by atoms with Crippen molar-refractivity contribution in [2.45, 2.75) is 0 Å². The predicted octanol–water partition coefficient (Wildman–Crippen LogP) is 1.69. The number of aromatic nitrogens is 1. The lowest BCUT2D eigenvalue weighted by molar-refractivity contribution is -0.140. The highest BCUT2D eigenvalue weighted by Crippen LogP contribution is 2.29. The second-order valence-electron chi connectivity index (χ2n) is 4.77. The summed E-state index contributed by atoms with van der Waals surface area (Å²) in [5.41, 5.74) is 1.84. The monoisotopic (exact) mass is 334 g/mol. The minimum absolute atomic E-state index is 0.00411. The first kappa shape index (κ1) is 15.4. The molecule has 8 heteroatoms. The van der Waals surface area contributed by atoms with Gasteiger partial charge in [0.2, 0.25) is 0 Å². The van der Waals surface area contributed by atoms with Crippen molar-refractivity contribution in [1.29, 1.82) is 0 Å². The van der Waals surface area contributed by atoms with Gasteiger partial charge in [-0.3, -0.25) is 0 Å². The molecule has 2 aromatic rings. The molecule has 0 aliphatic carbocycles. The van der Waals surface area contributed by atoms with E-state index in [1.165, 1.54) is 25.8 Å². The van der Waals surface area contributed by atoms with E-state index in [0.29, 0.717) is 5.69 Å². The molecule has 0 spiro atoms. The third kappa shape index (κ3) is 2.78. The lowest BCUT2D eigenvalue weighted by Gasteiger charge is -2.31. The van der Waals surface area contributed by atoms with Gasteiger partial charge in [0.1, 0.15) is 12.4 Å². The summed E-state index contributed by atoms with van der Waals surface area (Å²) < 4.78 is 19.2. The number of hydrogen-bond acceptors (Lipinski definition) is 8. The highest BCUT2D eigenvalue weighted by molar-refractivity contribution is 7.04. The Hall–Kier alpha value is -2.45. The van der Waals surface area contributed by atoms with Gasteiger partial charge in [-0.1, -0.05) is 0 Å². The van der Waals surface area contributed by atoms with Crippen LogP contribution < -0.4 is 4.90 Å². The van der Waals surface area contributed by atoms with E-state index in [-0.39, 0.29) is 24.6 Å². The number of anilines is 1.